The molecule has 0 spiro atoms. The zero-order valence-electron chi connectivity index (χ0n) is 11.6. The minimum Gasteiger partial charge on any atom is -0.320 e. The largest absolute Gasteiger partial charge is 0.320 e. The van der Waals surface area contributed by atoms with Crippen molar-refractivity contribution in [1.29, 1.82) is 0 Å². The molecule has 7 heteroatoms. The summed E-state index contributed by atoms with van der Waals surface area (Å²) >= 11 is 5.97. The van der Waals surface area contributed by atoms with Gasteiger partial charge in [-0.05, 0) is 39.0 Å². The van der Waals surface area contributed by atoms with Crippen molar-refractivity contribution in [2.24, 2.45) is 5.73 Å². The van der Waals surface area contributed by atoms with Crippen LogP contribution in [0, 0.1) is 11.8 Å². The van der Waals surface area contributed by atoms with E-state index in [2.05, 4.69) is 21.3 Å². The maximum absolute atomic E-state index is 11.9. The minimum absolute atomic E-state index is 0.206. The number of hydrogen-bond donors (Lipinski definition) is 3. The first-order valence-electron chi connectivity index (χ1n) is 5.93. The van der Waals surface area contributed by atoms with Crippen LogP contribution in [0.25, 0.3) is 0 Å². The Morgan fingerprint density at radius 1 is 1.35 bits per heavy atom. The van der Waals surface area contributed by atoms with E-state index in [0.717, 1.165) is 0 Å². The van der Waals surface area contributed by atoms with Crippen molar-refractivity contribution in [3.63, 3.8) is 0 Å². The average molecular weight is 316 g/mol. The molecule has 1 aromatic rings. The van der Waals surface area contributed by atoms with Gasteiger partial charge in [-0.3, -0.25) is 4.72 Å². The van der Waals surface area contributed by atoms with Crippen molar-refractivity contribution in [3.8, 4) is 11.8 Å². The number of nitrogens with two attached hydrogens (primary N) is 1. The molecule has 0 bridgehead atoms. The lowest BCUT2D eigenvalue weighted by Gasteiger charge is -2.21. The molecule has 0 aliphatic heterocycles. The Kier molecular flexibility index (Phi) is 5.42. The molecule has 1 aromatic carbocycles. The predicted molar refractivity (Wildman–Crippen MR) is 82.8 cm³/mol. The van der Waals surface area contributed by atoms with Crippen molar-refractivity contribution >= 4 is 27.5 Å². The van der Waals surface area contributed by atoms with Crippen LogP contribution >= 0.6 is 11.6 Å². The molecule has 4 N–H and O–H groups in total. The van der Waals surface area contributed by atoms with E-state index in [-0.39, 0.29) is 6.54 Å². The van der Waals surface area contributed by atoms with Crippen LogP contribution in [0.4, 0.5) is 5.69 Å². The van der Waals surface area contributed by atoms with Gasteiger partial charge in [0.1, 0.15) is 0 Å². The van der Waals surface area contributed by atoms with Gasteiger partial charge in [-0.2, -0.15) is 13.1 Å². The first-order valence-corrected chi connectivity index (χ1v) is 7.79. The number of halogens is 1. The lowest BCUT2D eigenvalue weighted by Crippen LogP contribution is -2.43. The molecule has 0 amide bonds. The maximum Gasteiger partial charge on any atom is 0.299 e. The molecule has 0 atom stereocenters. The van der Waals surface area contributed by atoms with E-state index in [0.29, 0.717) is 16.3 Å². The highest BCUT2D eigenvalue weighted by Crippen LogP contribution is 2.20. The van der Waals surface area contributed by atoms with E-state index in [1.54, 1.807) is 39.0 Å². The highest BCUT2D eigenvalue weighted by Gasteiger charge is 2.19. The number of rotatable bonds is 3. The highest BCUT2D eigenvalue weighted by molar-refractivity contribution is 7.90. The molecule has 0 aliphatic carbocycles. The van der Waals surface area contributed by atoms with E-state index in [1.807, 2.05) is 0 Å². The van der Waals surface area contributed by atoms with Gasteiger partial charge in [0.15, 0.2) is 0 Å². The summed E-state index contributed by atoms with van der Waals surface area (Å²) in [5.41, 5.74) is 5.63. The van der Waals surface area contributed by atoms with Crippen molar-refractivity contribution in [2.45, 2.75) is 26.3 Å². The van der Waals surface area contributed by atoms with Crippen LogP contribution in [0.5, 0.6) is 0 Å². The summed E-state index contributed by atoms with van der Waals surface area (Å²) in [7, 11) is -3.66. The van der Waals surface area contributed by atoms with Crippen molar-refractivity contribution in [3.05, 3.63) is 28.8 Å². The van der Waals surface area contributed by atoms with Crippen LogP contribution < -0.4 is 15.2 Å². The van der Waals surface area contributed by atoms with Crippen molar-refractivity contribution in [2.75, 3.05) is 11.3 Å². The average Bonchev–Trinajstić information content (AvgIpc) is 2.26. The molecule has 0 saturated heterocycles. The fraction of sp³-hybridized carbons (Fsp3) is 0.385. The Labute approximate surface area is 125 Å². The van der Waals surface area contributed by atoms with E-state index in [9.17, 15) is 8.42 Å². The maximum atomic E-state index is 11.9. The molecule has 0 aromatic heterocycles. The lowest BCUT2D eigenvalue weighted by atomic mass is 10.1. The van der Waals surface area contributed by atoms with E-state index < -0.39 is 15.7 Å². The Hall–Kier alpha value is -1.26. The fourth-order valence-electron chi connectivity index (χ4n) is 1.41. The van der Waals surface area contributed by atoms with Gasteiger partial charge in [0.25, 0.3) is 10.2 Å². The van der Waals surface area contributed by atoms with Crippen LogP contribution in [0.2, 0.25) is 5.02 Å². The highest BCUT2D eigenvalue weighted by atomic mass is 35.5. The summed E-state index contributed by atoms with van der Waals surface area (Å²) in [5.74, 6) is 5.46. The predicted octanol–water partition coefficient (Wildman–Crippen LogP) is 1.69. The van der Waals surface area contributed by atoms with Gasteiger partial charge >= 0.3 is 0 Å². The third-order valence-corrected chi connectivity index (χ3v) is 3.70. The molecule has 110 valence electrons. The lowest BCUT2D eigenvalue weighted by molar-refractivity contribution is 0.494. The molecule has 0 radical (unpaired) electrons. The smallest absolute Gasteiger partial charge is 0.299 e. The third-order valence-electron chi connectivity index (χ3n) is 1.98. The summed E-state index contributed by atoms with van der Waals surface area (Å²) in [6.45, 7) is 5.47. The van der Waals surface area contributed by atoms with E-state index >= 15 is 0 Å². The molecule has 0 aliphatic rings. The van der Waals surface area contributed by atoms with Crippen LogP contribution in [0.15, 0.2) is 18.2 Å². The number of anilines is 1. The second-order valence-electron chi connectivity index (χ2n) is 5.16. The molecule has 0 saturated carbocycles. The second kappa shape index (κ2) is 6.46. The Morgan fingerprint density at radius 3 is 2.55 bits per heavy atom. The monoisotopic (exact) mass is 315 g/mol. The van der Waals surface area contributed by atoms with Gasteiger partial charge in [-0.1, -0.05) is 23.4 Å². The van der Waals surface area contributed by atoms with Gasteiger partial charge in [0, 0.05) is 11.1 Å². The molecule has 5 nitrogen and oxygen atoms in total. The van der Waals surface area contributed by atoms with Crippen LogP contribution in [-0.2, 0) is 10.2 Å². The summed E-state index contributed by atoms with van der Waals surface area (Å²) in [4.78, 5) is 0. The second-order valence-corrected chi connectivity index (χ2v) is 6.98. The first-order chi connectivity index (χ1) is 9.13. The summed E-state index contributed by atoms with van der Waals surface area (Å²) in [5, 5.41) is 0.442. The Balaban J connectivity index is 2.99. The minimum atomic E-state index is -3.66. The number of nitrogens with one attached hydrogen (secondary N) is 2. The normalized spacial score (nSPS) is 11.7. The van der Waals surface area contributed by atoms with E-state index in [4.69, 9.17) is 17.3 Å². The first kappa shape index (κ1) is 16.8. The molecule has 20 heavy (non-hydrogen) atoms. The zero-order valence-corrected chi connectivity index (χ0v) is 13.2. The topological polar surface area (TPSA) is 84.2 Å². The van der Waals surface area contributed by atoms with Crippen molar-refractivity contribution < 1.29 is 8.42 Å². The Morgan fingerprint density at radius 2 is 2.00 bits per heavy atom. The van der Waals surface area contributed by atoms with Gasteiger partial charge in [0.05, 0.1) is 17.3 Å². The zero-order chi connectivity index (χ0) is 15.4. The SMILES string of the molecule is CC(C)(C)NS(=O)(=O)Nc1ccc(Cl)c(C#CCN)c1. The number of benzene rings is 1. The summed E-state index contributed by atoms with van der Waals surface area (Å²) in [6, 6.07) is 4.71. The third kappa shape index (κ3) is 5.80. The van der Waals surface area contributed by atoms with E-state index in [1.165, 1.54) is 0 Å². The van der Waals surface area contributed by atoms with Gasteiger partial charge in [0.2, 0.25) is 0 Å². The fourth-order valence-corrected chi connectivity index (χ4v) is 2.87. The molecule has 0 unspecified atom stereocenters. The summed E-state index contributed by atoms with van der Waals surface area (Å²) < 4.78 is 28.7. The van der Waals surface area contributed by atoms with Crippen LogP contribution in [0.3, 0.4) is 0 Å². The standard InChI is InChI=1S/C13H18ClN3O2S/c1-13(2,3)17-20(18,19)16-11-6-7-12(14)10(9-11)5-4-8-15/h6-7,9,16-17H,8,15H2,1-3H3. The van der Waals surface area contributed by atoms with Gasteiger partial charge < -0.3 is 5.73 Å². The van der Waals surface area contributed by atoms with Gasteiger partial charge in [-0.15, -0.1) is 0 Å². The van der Waals surface area contributed by atoms with Crippen LogP contribution in [0.1, 0.15) is 26.3 Å². The molecule has 0 heterocycles. The molecule has 0 fully saturated rings. The van der Waals surface area contributed by atoms with Crippen LogP contribution in [-0.4, -0.2) is 20.5 Å². The quantitative estimate of drug-likeness (QED) is 0.742. The molecule has 1 rings (SSSR count). The Bertz CT molecular complexity index is 640. The summed E-state index contributed by atoms with van der Waals surface area (Å²) in [6.07, 6.45) is 0. The van der Waals surface area contributed by atoms with Gasteiger partial charge in [-0.25, -0.2) is 0 Å². The molecular formula is C13H18ClN3O2S. The number of hydrogen-bond acceptors (Lipinski definition) is 3. The van der Waals surface area contributed by atoms with Crippen molar-refractivity contribution in [1.82, 2.24) is 4.72 Å². The molecular weight excluding hydrogens is 298 g/mol.